The third-order valence-electron chi connectivity index (χ3n) is 2.38. The van der Waals surface area contributed by atoms with Gasteiger partial charge in [-0.2, -0.15) is 0 Å². The quantitative estimate of drug-likeness (QED) is 0.691. The predicted molar refractivity (Wildman–Crippen MR) is 58.2 cm³/mol. The summed E-state index contributed by atoms with van der Waals surface area (Å²) in [6.45, 7) is 9.39. The monoisotopic (exact) mass is 204 g/mol. The third kappa shape index (κ3) is 5.45. The maximum atomic E-state index is 11.4. The van der Waals surface area contributed by atoms with E-state index in [0.29, 0.717) is 0 Å². The van der Waals surface area contributed by atoms with Gasteiger partial charge in [-0.25, -0.2) is 0 Å². The fourth-order valence-corrected chi connectivity index (χ4v) is 2.51. The molecule has 0 spiro atoms. The molecule has 1 N–H and O–H groups in total. The van der Waals surface area contributed by atoms with Crippen molar-refractivity contribution in [2.45, 2.75) is 6.42 Å². The average molecular weight is 204 g/mol. The van der Waals surface area contributed by atoms with Gasteiger partial charge >= 0.3 is 0 Å². The molecular formula is C9H21N2OP. The van der Waals surface area contributed by atoms with E-state index < -0.39 is 7.14 Å². The summed E-state index contributed by atoms with van der Waals surface area (Å²) in [6.07, 6.45) is 1.99. The van der Waals surface area contributed by atoms with Crippen molar-refractivity contribution in [3.63, 3.8) is 0 Å². The summed E-state index contributed by atoms with van der Waals surface area (Å²) in [7, 11) is -1.78. The Kier molecular flexibility index (Phi) is 4.43. The van der Waals surface area contributed by atoms with Crippen molar-refractivity contribution in [1.29, 1.82) is 0 Å². The van der Waals surface area contributed by atoms with Crippen LogP contribution < -0.4 is 5.32 Å². The molecule has 1 aliphatic heterocycles. The highest BCUT2D eigenvalue weighted by atomic mass is 31.2. The van der Waals surface area contributed by atoms with Crippen LogP contribution in [-0.2, 0) is 4.57 Å². The van der Waals surface area contributed by atoms with E-state index in [1.807, 2.05) is 13.3 Å². The fraction of sp³-hybridized carbons (Fsp3) is 1.00. The Morgan fingerprint density at radius 3 is 2.46 bits per heavy atom. The molecule has 0 atom stereocenters. The summed E-state index contributed by atoms with van der Waals surface area (Å²) >= 11 is 0. The number of nitrogens with zero attached hydrogens (tertiary/aromatic N) is 1. The highest BCUT2D eigenvalue weighted by Gasteiger charge is 2.11. The first kappa shape index (κ1) is 11.2. The molecule has 1 fully saturated rings. The first-order valence-corrected chi connectivity index (χ1v) is 7.84. The minimum absolute atomic E-state index is 0.900. The molecule has 1 heterocycles. The molecule has 0 bridgehead atoms. The van der Waals surface area contributed by atoms with Crippen LogP contribution in [0.4, 0.5) is 0 Å². The molecule has 0 aliphatic carbocycles. The van der Waals surface area contributed by atoms with Crippen molar-refractivity contribution in [3.05, 3.63) is 0 Å². The van der Waals surface area contributed by atoms with E-state index in [1.54, 1.807) is 0 Å². The molecule has 1 aliphatic rings. The van der Waals surface area contributed by atoms with Crippen LogP contribution >= 0.6 is 7.14 Å². The molecule has 78 valence electrons. The van der Waals surface area contributed by atoms with Crippen molar-refractivity contribution in [1.82, 2.24) is 10.2 Å². The molecule has 1 rings (SSSR count). The van der Waals surface area contributed by atoms with Crippen LogP contribution in [-0.4, -0.2) is 57.1 Å². The molecule has 4 heteroatoms. The largest absolute Gasteiger partial charge is 0.324 e. The van der Waals surface area contributed by atoms with Gasteiger partial charge in [-0.05, 0) is 26.3 Å². The van der Waals surface area contributed by atoms with Crippen LogP contribution in [0.1, 0.15) is 6.42 Å². The van der Waals surface area contributed by atoms with Gasteiger partial charge in [-0.3, -0.25) is 0 Å². The Balaban J connectivity index is 2.08. The minimum atomic E-state index is -1.78. The fourth-order valence-electron chi connectivity index (χ4n) is 1.61. The summed E-state index contributed by atoms with van der Waals surface area (Å²) in [5.41, 5.74) is 0. The van der Waals surface area contributed by atoms with Gasteiger partial charge in [0.2, 0.25) is 0 Å². The van der Waals surface area contributed by atoms with E-state index in [9.17, 15) is 4.57 Å². The van der Waals surface area contributed by atoms with Gasteiger partial charge in [-0.1, -0.05) is 0 Å². The SMILES string of the molecule is CP(C)(=O)CCCN1CCNCC1. The van der Waals surface area contributed by atoms with Gasteiger partial charge in [-0.15, -0.1) is 0 Å². The lowest BCUT2D eigenvalue weighted by molar-refractivity contribution is 0.242. The van der Waals surface area contributed by atoms with Crippen molar-refractivity contribution in [2.75, 3.05) is 52.2 Å². The maximum Gasteiger partial charge on any atom is 0.0819 e. The van der Waals surface area contributed by atoms with E-state index >= 15 is 0 Å². The highest BCUT2D eigenvalue weighted by Crippen LogP contribution is 2.36. The number of piperazine rings is 1. The van der Waals surface area contributed by atoms with E-state index in [1.165, 1.54) is 0 Å². The smallest absolute Gasteiger partial charge is 0.0819 e. The van der Waals surface area contributed by atoms with Crippen molar-refractivity contribution < 1.29 is 4.57 Å². The van der Waals surface area contributed by atoms with Gasteiger partial charge < -0.3 is 14.8 Å². The standard InChI is InChI=1S/C9H21N2OP/c1-13(2,12)9-3-6-11-7-4-10-5-8-11/h10H,3-9H2,1-2H3. The molecular weight excluding hydrogens is 183 g/mol. The van der Waals surface area contributed by atoms with Gasteiger partial charge in [0, 0.05) is 32.3 Å². The average Bonchev–Trinajstić information content (AvgIpc) is 2.04. The zero-order valence-corrected chi connectivity index (χ0v) is 9.65. The Labute approximate surface area is 81.3 Å². The zero-order valence-electron chi connectivity index (χ0n) is 8.75. The Hall–Kier alpha value is 0.150. The second kappa shape index (κ2) is 5.14. The lowest BCUT2D eigenvalue weighted by Gasteiger charge is -2.27. The number of hydrogen-bond donors (Lipinski definition) is 1. The molecule has 0 unspecified atom stereocenters. The summed E-state index contributed by atoms with van der Waals surface area (Å²) in [4.78, 5) is 2.45. The molecule has 0 aromatic rings. The van der Waals surface area contributed by atoms with Crippen molar-refractivity contribution in [3.8, 4) is 0 Å². The summed E-state index contributed by atoms with van der Waals surface area (Å²) in [6, 6.07) is 0. The molecule has 13 heavy (non-hydrogen) atoms. The Morgan fingerprint density at radius 2 is 1.92 bits per heavy atom. The second-order valence-corrected chi connectivity index (χ2v) is 7.84. The van der Waals surface area contributed by atoms with Crippen LogP contribution in [0.25, 0.3) is 0 Å². The predicted octanol–water partition coefficient (Wildman–Crippen LogP) is 0.904. The molecule has 1 saturated heterocycles. The van der Waals surface area contributed by atoms with Crippen molar-refractivity contribution in [2.24, 2.45) is 0 Å². The first-order chi connectivity index (χ1) is 6.08. The van der Waals surface area contributed by atoms with E-state index in [2.05, 4.69) is 10.2 Å². The number of nitrogens with one attached hydrogen (secondary N) is 1. The topological polar surface area (TPSA) is 32.3 Å². The van der Waals surface area contributed by atoms with Crippen LogP contribution in [0, 0.1) is 0 Å². The number of hydrogen-bond acceptors (Lipinski definition) is 3. The maximum absolute atomic E-state index is 11.4. The van der Waals surface area contributed by atoms with Crippen LogP contribution in [0.3, 0.4) is 0 Å². The van der Waals surface area contributed by atoms with Crippen molar-refractivity contribution >= 4 is 7.14 Å². The van der Waals surface area contributed by atoms with Crippen LogP contribution in [0.15, 0.2) is 0 Å². The van der Waals surface area contributed by atoms with E-state index in [-0.39, 0.29) is 0 Å². The van der Waals surface area contributed by atoms with E-state index in [0.717, 1.165) is 45.3 Å². The number of rotatable bonds is 4. The van der Waals surface area contributed by atoms with Gasteiger partial charge in [0.25, 0.3) is 0 Å². The molecule has 0 amide bonds. The summed E-state index contributed by atoms with van der Waals surface area (Å²) in [5, 5.41) is 3.32. The molecule has 0 aromatic heterocycles. The highest BCUT2D eigenvalue weighted by molar-refractivity contribution is 7.62. The van der Waals surface area contributed by atoms with Gasteiger partial charge in [0.15, 0.2) is 0 Å². The lowest BCUT2D eigenvalue weighted by Crippen LogP contribution is -2.43. The summed E-state index contributed by atoms with van der Waals surface area (Å²) in [5.74, 6) is 0. The van der Waals surface area contributed by atoms with E-state index in [4.69, 9.17) is 0 Å². The van der Waals surface area contributed by atoms with Gasteiger partial charge in [0.05, 0.1) is 7.14 Å². The Bertz CT molecular complexity index is 184. The molecule has 0 radical (unpaired) electrons. The van der Waals surface area contributed by atoms with Crippen LogP contribution in [0.2, 0.25) is 0 Å². The lowest BCUT2D eigenvalue weighted by atomic mass is 10.3. The second-order valence-electron chi connectivity index (χ2n) is 4.24. The zero-order chi connectivity index (χ0) is 9.73. The molecule has 0 saturated carbocycles. The Morgan fingerprint density at radius 1 is 1.31 bits per heavy atom. The molecule has 0 aromatic carbocycles. The summed E-state index contributed by atoms with van der Waals surface area (Å²) < 4.78 is 11.4. The normalized spacial score (nSPS) is 20.5. The first-order valence-electron chi connectivity index (χ1n) is 5.05. The van der Waals surface area contributed by atoms with Crippen LogP contribution in [0.5, 0.6) is 0 Å². The molecule has 3 nitrogen and oxygen atoms in total. The van der Waals surface area contributed by atoms with Gasteiger partial charge in [0.1, 0.15) is 0 Å². The third-order valence-corrected chi connectivity index (χ3v) is 3.77. The minimum Gasteiger partial charge on any atom is -0.324 e.